The Morgan fingerprint density at radius 1 is 1.00 bits per heavy atom. The fourth-order valence-electron chi connectivity index (χ4n) is 2.82. The van der Waals surface area contributed by atoms with Gasteiger partial charge < -0.3 is 15.3 Å². The van der Waals surface area contributed by atoms with Gasteiger partial charge in [-0.1, -0.05) is 24.3 Å². The lowest BCUT2D eigenvalue weighted by Crippen LogP contribution is -2.26. The minimum Gasteiger partial charge on any atom is -0.507 e. The summed E-state index contributed by atoms with van der Waals surface area (Å²) in [6.07, 6.45) is 4.01. The fraction of sp³-hybridized carbons (Fsp3) is 0.0588. The van der Waals surface area contributed by atoms with E-state index in [2.05, 4.69) is 16.3 Å². The van der Waals surface area contributed by atoms with Crippen molar-refractivity contribution in [1.29, 1.82) is 0 Å². The zero-order valence-electron chi connectivity index (χ0n) is 11.6. The van der Waals surface area contributed by atoms with E-state index >= 15 is 0 Å². The molecule has 4 rings (SSSR count). The third-order valence-electron chi connectivity index (χ3n) is 3.83. The number of nitrogens with zero attached hydrogens (tertiary/aromatic N) is 2. The molecule has 0 amide bonds. The SMILES string of the molecule is CN1C=C(c2ccccc2O)N2C1=CNc1ccccc12. The average molecular weight is 277 g/mol. The van der Waals surface area contributed by atoms with Crippen LogP contribution in [0.2, 0.25) is 0 Å². The fourth-order valence-corrected chi connectivity index (χ4v) is 2.82. The third-order valence-corrected chi connectivity index (χ3v) is 3.83. The van der Waals surface area contributed by atoms with Crippen LogP contribution in [-0.2, 0) is 0 Å². The summed E-state index contributed by atoms with van der Waals surface area (Å²) >= 11 is 0. The maximum Gasteiger partial charge on any atom is 0.134 e. The quantitative estimate of drug-likeness (QED) is 0.838. The number of hydrogen-bond acceptors (Lipinski definition) is 4. The van der Waals surface area contributed by atoms with Crippen LogP contribution in [0.1, 0.15) is 5.56 Å². The lowest BCUT2D eigenvalue weighted by molar-refractivity contribution is 0.473. The summed E-state index contributed by atoms with van der Waals surface area (Å²) in [4.78, 5) is 4.20. The van der Waals surface area contributed by atoms with Gasteiger partial charge in [0.1, 0.15) is 11.6 Å². The van der Waals surface area contributed by atoms with Crippen molar-refractivity contribution in [1.82, 2.24) is 4.90 Å². The van der Waals surface area contributed by atoms with Gasteiger partial charge in [-0.05, 0) is 24.3 Å². The predicted molar refractivity (Wildman–Crippen MR) is 84.5 cm³/mol. The maximum atomic E-state index is 10.2. The summed E-state index contributed by atoms with van der Waals surface area (Å²) in [5.74, 6) is 1.32. The number of nitrogens with one attached hydrogen (secondary N) is 1. The Labute approximate surface area is 123 Å². The van der Waals surface area contributed by atoms with Gasteiger partial charge in [0.05, 0.1) is 17.1 Å². The topological polar surface area (TPSA) is 38.7 Å². The van der Waals surface area contributed by atoms with Crippen molar-refractivity contribution in [2.45, 2.75) is 0 Å². The van der Waals surface area contributed by atoms with E-state index in [1.807, 2.05) is 60.7 Å². The van der Waals surface area contributed by atoms with Crippen molar-refractivity contribution in [2.75, 3.05) is 17.3 Å². The van der Waals surface area contributed by atoms with Crippen molar-refractivity contribution in [3.8, 4) is 5.75 Å². The Bertz CT molecular complexity index is 779. The first kappa shape index (κ1) is 11.9. The number of anilines is 2. The van der Waals surface area contributed by atoms with Crippen LogP contribution in [0.5, 0.6) is 5.75 Å². The standard InChI is InChI=1S/C17H15N3O/c1-19-11-15(12-6-2-5-9-16(12)21)20-14-8-4-3-7-13(14)18-10-17(19)20/h2-11,18,21H,1H3. The number of para-hydroxylation sites is 3. The molecule has 0 unspecified atom stereocenters. The van der Waals surface area contributed by atoms with Crippen molar-refractivity contribution in [2.24, 2.45) is 0 Å². The Morgan fingerprint density at radius 2 is 1.76 bits per heavy atom. The number of rotatable bonds is 1. The van der Waals surface area contributed by atoms with Gasteiger partial charge >= 0.3 is 0 Å². The minimum absolute atomic E-state index is 0.286. The molecule has 0 aromatic heterocycles. The monoisotopic (exact) mass is 277 g/mol. The number of aromatic hydroxyl groups is 1. The Hall–Kier alpha value is -2.88. The molecular formula is C17H15N3O. The van der Waals surface area contributed by atoms with E-state index in [4.69, 9.17) is 0 Å². The van der Waals surface area contributed by atoms with Gasteiger partial charge in [0.25, 0.3) is 0 Å². The zero-order valence-corrected chi connectivity index (χ0v) is 11.6. The molecule has 2 aliphatic heterocycles. The molecular weight excluding hydrogens is 262 g/mol. The second-order valence-corrected chi connectivity index (χ2v) is 5.14. The normalized spacial score (nSPS) is 15.9. The molecule has 0 saturated carbocycles. The smallest absolute Gasteiger partial charge is 0.134 e. The van der Waals surface area contributed by atoms with E-state index in [9.17, 15) is 5.11 Å². The Morgan fingerprint density at radius 3 is 2.62 bits per heavy atom. The Kier molecular flexibility index (Phi) is 2.44. The first-order chi connectivity index (χ1) is 10.3. The van der Waals surface area contributed by atoms with Crippen LogP contribution >= 0.6 is 0 Å². The molecule has 2 heterocycles. The van der Waals surface area contributed by atoms with Crippen LogP contribution in [0.15, 0.2) is 66.8 Å². The number of benzene rings is 2. The van der Waals surface area contributed by atoms with Crippen LogP contribution in [0.3, 0.4) is 0 Å². The van der Waals surface area contributed by atoms with Crippen LogP contribution in [0, 0.1) is 0 Å². The molecule has 0 fully saturated rings. The van der Waals surface area contributed by atoms with Gasteiger partial charge in [-0.25, -0.2) is 0 Å². The highest BCUT2D eigenvalue weighted by Crippen LogP contribution is 2.44. The van der Waals surface area contributed by atoms with E-state index in [-0.39, 0.29) is 5.75 Å². The summed E-state index contributed by atoms with van der Waals surface area (Å²) in [7, 11) is 2.00. The summed E-state index contributed by atoms with van der Waals surface area (Å²) in [6.45, 7) is 0. The van der Waals surface area contributed by atoms with Gasteiger partial charge in [0.15, 0.2) is 0 Å². The predicted octanol–water partition coefficient (Wildman–Crippen LogP) is 3.37. The summed E-state index contributed by atoms with van der Waals surface area (Å²) in [5.41, 5.74) is 3.92. The average Bonchev–Trinajstić information content (AvgIpc) is 2.85. The van der Waals surface area contributed by atoms with Gasteiger partial charge in [-0.15, -0.1) is 0 Å². The first-order valence-corrected chi connectivity index (χ1v) is 6.84. The summed E-state index contributed by atoms with van der Waals surface area (Å²) < 4.78 is 0. The van der Waals surface area contributed by atoms with Gasteiger partial charge in [0, 0.05) is 25.0 Å². The van der Waals surface area contributed by atoms with Crippen LogP contribution in [-0.4, -0.2) is 17.1 Å². The highest BCUT2D eigenvalue weighted by molar-refractivity contribution is 5.93. The summed E-state index contributed by atoms with van der Waals surface area (Å²) in [6, 6.07) is 15.6. The molecule has 21 heavy (non-hydrogen) atoms. The molecule has 0 bridgehead atoms. The molecule has 104 valence electrons. The second-order valence-electron chi connectivity index (χ2n) is 5.14. The van der Waals surface area contributed by atoms with Gasteiger partial charge in [-0.2, -0.15) is 0 Å². The molecule has 4 heteroatoms. The number of fused-ring (bicyclic) bond motifs is 3. The molecule has 2 aliphatic rings. The largest absolute Gasteiger partial charge is 0.507 e. The molecule has 4 nitrogen and oxygen atoms in total. The molecule has 2 aromatic rings. The zero-order chi connectivity index (χ0) is 14.4. The van der Waals surface area contributed by atoms with Crippen LogP contribution in [0.25, 0.3) is 5.70 Å². The second kappa shape index (κ2) is 4.31. The van der Waals surface area contributed by atoms with E-state index in [0.29, 0.717) is 0 Å². The maximum absolute atomic E-state index is 10.2. The van der Waals surface area contributed by atoms with Crippen molar-refractivity contribution < 1.29 is 5.11 Å². The minimum atomic E-state index is 0.286. The van der Waals surface area contributed by atoms with E-state index < -0.39 is 0 Å². The lowest BCUT2D eigenvalue weighted by atomic mass is 10.1. The highest BCUT2D eigenvalue weighted by atomic mass is 16.3. The molecule has 0 saturated heterocycles. The number of hydrogen-bond donors (Lipinski definition) is 2. The van der Waals surface area contributed by atoms with Crippen molar-refractivity contribution >= 4 is 17.1 Å². The summed E-state index contributed by atoms with van der Waals surface area (Å²) in [5, 5.41) is 13.5. The van der Waals surface area contributed by atoms with Gasteiger partial charge in [0.2, 0.25) is 0 Å². The molecule has 0 aliphatic carbocycles. The molecule has 0 spiro atoms. The molecule has 2 aromatic carbocycles. The first-order valence-electron chi connectivity index (χ1n) is 6.84. The van der Waals surface area contributed by atoms with E-state index in [1.54, 1.807) is 6.07 Å². The molecule has 0 atom stereocenters. The lowest BCUT2D eigenvalue weighted by Gasteiger charge is -2.31. The molecule has 2 N–H and O–H groups in total. The third kappa shape index (κ3) is 1.69. The van der Waals surface area contributed by atoms with Crippen molar-refractivity contribution in [3.63, 3.8) is 0 Å². The number of phenolic OH excluding ortho intramolecular Hbond substituents is 1. The van der Waals surface area contributed by atoms with Crippen LogP contribution in [0.4, 0.5) is 11.4 Å². The number of phenols is 1. The van der Waals surface area contributed by atoms with Crippen molar-refractivity contribution in [3.05, 3.63) is 72.3 Å². The van der Waals surface area contributed by atoms with E-state index in [1.165, 1.54) is 0 Å². The highest BCUT2D eigenvalue weighted by Gasteiger charge is 2.31. The van der Waals surface area contributed by atoms with Gasteiger partial charge in [-0.3, -0.25) is 4.90 Å². The Balaban J connectivity index is 1.90. The molecule has 0 radical (unpaired) electrons. The van der Waals surface area contributed by atoms with Crippen LogP contribution < -0.4 is 10.2 Å². The van der Waals surface area contributed by atoms with E-state index in [0.717, 1.165) is 28.5 Å².